The number of aromatic nitrogens is 7. The minimum Gasteiger partial charge on any atom is -0.496 e. The van der Waals surface area contributed by atoms with Crippen LogP contribution in [0.25, 0.3) is 33.8 Å². The number of methoxy groups -OCH3 is 6. The van der Waals surface area contributed by atoms with Gasteiger partial charge in [-0.15, -0.1) is 0 Å². The van der Waals surface area contributed by atoms with Gasteiger partial charge in [-0.1, -0.05) is 114 Å². The minimum absolute atomic E-state index is 0.0218. The van der Waals surface area contributed by atoms with E-state index in [1.165, 1.54) is 12.5 Å². The van der Waals surface area contributed by atoms with Crippen molar-refractivity contribution in [1.29, 1.82) is 0 Å². The van der Waals surface area contributed by atoms with Crippen molar-refractivity contribution in [3.05, 3.63) is 108 Å². The van der Waals surface area contributed by atoms with Crippen LogP contribution in [0.15, 0.2) is 89.7 Å². The summed E-state index contributed by atoms with van der Waals surface area (Å²) in [5, 5.41) is 31.1. The van der Waals surface area contributed by atoms with E-state index in [1.54, 1.807) is 75.0 Å². The van der Waals surface area contributed by atoms with Crippen LogP contribution in [-0.4, -0.2) is 145 Å². The van der Waals surface area contributed by atoms with E-state index in [1.807, 2.05) is 68.6 Å². The van der Waals surface area contributed by atoms with Crippen molar-refractivity contribution in [3.63, 3.8) is 0 Å². The van der Waals surface area contributed by atoms with Gasteiger partial charge in [-0.2, -0.15) is 15.3 Å². The first kappa shape index (κ1) is 84.8. The van der Waals surface area contributed by atoms with Gasteiger partial charge in [-0.3, -0.25) is 42.8 Å². The smallest absolute Gasteiger partial charge is 0.272 e. The lowest BCUT2D eigenvalue weighted by molar-refractivity contribution is -0.122. The summed E-state index contributed by atoms with van der Waals surface area (Å²) >= 11 is 0. The number of amides is 6. The average Bonchev–Trinajstić information content (AvgIpc) is 1.62. The van der Waals surface area contributed by atoms with E-state index in [2.05, 4.69) is 137 Å². The van der Waals surface area contributed by atoms with Crippen molar-refractivity contribution >= 4 is 35.4 Å². The van der Waals surface area contributed by atoms with Gasteiger partial charge in [-0.05, 0) is 116 Å². The highest BCUT2D eigenvalue weighted by molar-refractivity contribution is 5.96. The van der Waals surface area contributed by atoms with E-state index in [0.29, 0.717) is 102 Å². The molecule has 4 aromatic heterocycles. The first-order valence-corrected chi connectivity index (χ1v) is 36.0. The zero-order valence-electron chi connectivity index (χ0n) is 65.1. The van der Waals surface area contributed by atoms with Crippen LogP contribution in [0.3, 0.4) is 0 Å². The Hall–Kier alpha value is -9.88. The number of hydrogen-bond donors (Lipinski definition) is 6. The monoisotopic (exact) mass is 1440 g/mol. The number of rotatable bonds is 37. The molecule has 0 aliphatic rings. The highest BCUT2D eigenvalue weighted by atomic mass is 16.5. The van der Waals surface area contributed by atoms with Crippen LogP contribution in [0.2, 0.25) is 0 Å². The van der Waals surface area contributed by atoms with E-state index in [0.717, 1.165) is 46.6 Å². The number of benzene rings is 3. The summed E-state index contributed by atoms with van der Waals surface area (Å²) in [7, 11) is 12.8. The molecule has 0 radical (unpaired) electrons. The van der Waals surface area contributed by atoms with Gasteiger partial charge in [-0.25, -0.2) is 4.98 Å². The normalized spacial score (nSPS) is 12.3. The summed E-state index contributed by atoms with van der Waals surface area (Å²) in [6.45, 7) is 28.6. The number of nitrogens with one attached hydrogen (secondary N) is 6. The second kappa shape index (κ2) is 42.0. The number of carbonyl (C=O) groups excluding carboxylic acids is 6. The first-order valence-electron chi connectivity index (χ1n) is 36.0. The van der Waals surface area contributed by atoms with Crippen LogP contribution >= 0.6 is 0 Å². The topological polar surface area (TPSA) is 309 Å². The Morgan fingerprint density at radius 2 is 0.808 bits per heavy atom. The molecule has 0 spiro atoms. The van der Waals surface area contributed by atoms with E-state index >= 15 is 0 Å². The molecule has 0 saturated heterocycles. The van der Waals surface area contributed by atoms with E-state index in [4.69, 9.17) is 37.9 Å². The summed E-state index contributed by atoms with van der Waals surface area (Å²) < 4.78 is 44.4. The highest BCUT2D eigenvalue weighted by Gasteiger charge is 2.30. The Morgan fingerprint density at radius 3 is 1.12 bits per heavy atom. The van der Waals surface area contributed by atoms with Crippen LogP contribution in [-0.2, 0) is 34.0 Å². The number of oxazole rings is 1. The first-order chi connectivity index (χ1) is 49.6. The lowest BCUT2D eigenvalue weighted by atomic mass is 10.0. The zero-order chi connectivity index (χ0) is 76.9. The van der Waals surface area contributed by atoms with Crippen molar-refractivity contribution in [3.8, 4) is 68.3 Å². The molecule has 6 N–H and O–H groups in total. The van der Waals surface area contributed by atoms with Gasteiger partial charge in [0.2, 0.25) is 23.6 Å². The third kappa shape index (κ3) is 24.7. The molecule has 4 heterocycles. The molecule has 0 aliphatic carbocycles. The fourth-order valence-corrected chi connectivity index (χ4v) is 12.0. The second-order valence-electron chi connectivity index (χ2n) is 27.8. The molecule has 4 atom stereocenters. The van der Waals surface area contributed by atoms with Crippen LogP contribution in [0.1, 0.15) is 185 Å². The fourth-order valence-electron chi connectivity index (χ4n) is 12.0. The Morgan fingerprint density at radius 1 is 0.462 bits per heavy atom. The molecule has 104 heavy (non-hydrogen) atoms. The Kier molecular flexibility index (Phi) is 34.3. The molecule has 570 valence electrons. The predicted octanol–water partition coefficient (Wildman–Crippen LogP) is 12.4. The van der Waals surface area contributed by atoms with Crippen molar-refractivity contribution in [2.24, 2.45) is 35.5 Å². The third-order valence-corrected chi connectivity index (χ3v) is 17.6. The number of nitrogens with zero attached hydrogens (tertiary/aromatic N) is 7. The van der Waals surface area contributed by atoms with Crippen molar-refractivity contribution < 1.29 is 61.6 Å². The maximum Gasteiger partial charge on any atom is 0.272 e. The van der Waals surface area contributed by atoms with Crippen LogP contribution in [0.4, 0.5) is 0 Å². The summed E-state index contributed by atoms with van der Waals surface area (Å²) in [5.74, 6) is 4.78. The lowest BCUT2D eigenvalue weighted by Gasteiger charge is -2.21. The van der Waals surface area contributed by atoms with Gasteiger partial charge in [0.25, 0.3) is 17.7 Å². The molecule has 6 amide bonds. The highest BCUT2D eigenvalue weighted by Crippen LogP contribution is 2.43. The van der Waals surface area contributed by atoms with Crippen molar-refractivity contribution in [2.45, 2.75) is 185 Å². The number of ether oxygens (including phenoxy) is 6. The maximum absolute atomic E-state index is 13.5. The van der Waals surface area contributed by atoms with E-state index < -0.39 is 0 Å². The SMILES string of the molecule is CCC(CC)Cn1nc(C(=O)N[C@H](CC(=O)NCc2ncco2)CC(C)C)cc1-c1c(OC)cccc1OC.CNC(=O)C[C@H](CC(C)C)NC(=O)c1cc(-c2c(OC)cccc2OC)n(C(C)C(C)C)n1.CNC(=O)C[C@H](CC(C)C)NC(=O)c1cc(-c2c(OC)cccc2OC)n(CC(C)C)n1. The van der Waals surface area contributed by atoms with Gasteiger partial charge in [0.15, 0.2) is 17.1 Å². The quantitative estimate of drug-likeness (QED) is 0.0211. The molecule has 0 bridgehead atoms. The average molecular weight is 1440 g/mol. The molecule has 0 saturated carbocycles. The maximum atomic E-state index is 13.5. The second-order valence-corrected chi connectivity index (χ2v) is 27.8. The van der Waals surface area contributed by atoms with Crippen LogP contribution in [0, 0.1) is 35.5 Å². The Bertz CT molecular complexity index is 3780. The number of carbonyl (C=O) groups is 6. The molecular weight excluding hydrogens is 1330 g/mol. The van der Waals surface area contributed by atoms with Crippen LogP contribution < -0.4 is 60.3 Å². The van der Waals surface area contributed by atoms with E-state index in [9.17, 15) is 28.8 Å². The van der Waals surface area contributed by atoms with Gasteiger partial charge >= 0.3 is 0 Å². The molecule has 0 aliphatic heterocycles. The molecule has 7 rings (SSSR count). The molecule has 1 unspecified atom stereocenters. The molecule has 26 nitrogen and oxygen atoms in total. The van der Waals surface area contributed by atoms with Gasteiger partial charge in [0.05, 0.1) is 95.2 Å². The molecule has 26 heteroatoms. The Labute approximate surface area is 614 Å². The largest absolute Gasteiger partial charge is 0.496 e. The zero-order valence-corrected chi connectivity index (χ0v) is 65.1. The predicted molar refractivity (Wildman–Crippen MR) is 403 cm³/mol. The lowest BCUT2D eigenvalue weighted by Crippen LogP contribution is -2.40. The van der Waals surface area contributed by atoms with E-state index in [-0.39, 0.29) is 109 Å². The van der Waals surface area contributed by atoms with Gasteiger partial charge in [0, 0.05) is 64.6 Å². The fraction of sp³-hybridized carbons (Fsp3) is 0.538. The molecule has 3 aromatic carbocycles. The van der Waals surface area contributed by atoms with Gasteiger partial charge < -0.3 is 64.7 Å². The van der Waals surface area contributed by atoms with Crippen molar-refractivity contribution in [2.75, 3.05) is 56.8 Å². The summed E-state index contributed by atoms with van der Waals surface area (Å²) in [5.41, 5.74) is 5.30. The summed E-state index contributed by atoms with van der Waals surface area (Å²) in [6, 6.07) is 21.1. The van der Waals surface area contributed by atoms with Gasteiger partial charge in [0.1, 0.15) is 40.8 Å². The Balaban J connectivity index is 0.000000282. The minimum atomic E-state index is -0.365. The van der Waals surface area contributed by atoms with Crippen molar-refractivity contribution in [1.82, 2.24) is 66.2 Å². The third-order valence-electron chi connectivity index (χ3n) is 17.6. The molecule has 7 aromatic rings. The number of hydrogen-bond acceptors (Lipinski definition) is 17. The standard InChI is InChI=1S/C29H41N5O5.C25H38N4O4.C24H36N4O4/c1-7-20(8-2)18-34-23(28-24(37-5)10-9-11-25(28)38-6)16-22(33-34)29(36)32-21(14-19(3)4)15-26(35)31-17-27-30-12-13-39-27;1-15(2)12-18(13-23(30)26-6)27-25(31)19-14-20(29(28-19)17(5)16(3)4)24-21(32-7)10-9-11-22(24)33-8;1-15(2)11-17(12-22(29)25-5)26-24(30)18-13-19(28(27-18)14-16(3)4)23-20(31-6)9-8-10-21(23)32-7/h9-13,16,19-21H,7-8,14-15,17-18H2,1-6H3,(H,31,35)(H,32,36);9-11,14-18H,12-13H2,1-8H3,(H,26,30)(H,27,31);8-10,13,15-17H,11-12,14H2,1-7H3,(H,25,29)(H,26,30)/t21-;17?,18-;17-/m000/s1. The molecule has 0 fully saturated rings. The van der Waals surface area contributed by atoms with Crippen LogP contribution in [0.5, 0.6) is 34.5 Å². The summed E-state index contributed by atoms with van der Waals surface area (Å²) in [6.07, 6.45) is 7.55. The summed E-state index contributed by atoms with van der Waals surface area (Å²) in [4.78, 5) is 80.4. The molecular formula is C78H115N13O13.